The van der Waals surface area contributed by atoms with Crippen LogP contribution in [0.5, 0.6) is 5.75 Å². The van der Waals surface area contributed by atoms with Crippen molar-refractivity contribution in [1.29, 1.82) is 0 Å². The number of rotatable bonds is 3. The third-order valence-electron chi connectivity index (χ3n) is 5.98. The number of hydrogen-bond acceptors (Lipinski definition) is 5. The third kappa shape index (κ3) is 3.37. The van der Waals surface area contributed by atoms with Crippen LogP contribution in [0.1, 0.15) is 45.1 Å². The molecule has 142 valence electrons. The average Bonchev–Trinajstić information content (AvgIpc) is 2.86. The molecule has 4 rings (SSSR count). The minimum atomic E-state index is -0.580. The van der Waals surface area contributed by atoms with E-state index in [1.807, 2.05) is 64.1 Å². The van der Waals surface area contributed by atoms with E-state index in [-0.39, 0.29) is 17.1 Å². The minimum Gasteiger partial charge on any atom is -0.493 e. The van der Waals surface area contributed by atoms with Gasteiger partial charge in [0, 0.05) is 23.4 Å². The largest absolute Gasteiger partial charge is 0.494 e. The number of fused-ring (bicyclic) bond motifs is 1. The van der Waals surface area contributed by atoms with E-state index in [4.69, 9.17) is 14.0 Å². The van der Waals surface area contributed by atoms with Crippen molar-refractivity contribution < 1.29 is 19.2 Å². The Morgan fingerprint density at radius 2 is 1.85 bits per heavy atom. The lowest BCUT2D eigenvalue weighted by Crippen LogP contribution is -2.41. The molecule has 0 bridgehead atoms. The van der Waals surface area contributed by atoms with Crippen LogP contribution in [0.2, 0.25) is 0 Å². The van der Waals surface area contributed by atoms with Gasteiger partial charge in [0.25, 0.3) is 0 Å². The van der Waals surface area contributed by atoms with E-state index < -0.39 is 13.2 Å². The Morgan fingerprint density at radius 1 is 1.11 bits per heavy atom. The SMILES string of the molecule is CC1(C)OB(c2ccc3c(c2)OC[C@H](Cc2ccccn2)[C@H]3O)OC1(C)C. The van der Waals surface area contributed by atoms with Gasteiger partial charge >= 0.3 is 7.12 Å². The quantitative estimate of drug-likeness (QED) is 0.846. The molecule has 1 fully saturated rings. The van der Waals surface area contributed by atoms with Crippen molar-refractivity contribution in [2.45, 2.75) is 51.4 Å². The van der Waals surface area contributed by atoms with Crippen molar-refractivity contribution in [2.75, 3.05) is 6.61 Å². The molecule has 27 heavy (non-hydrogen) atoms. The number of aliphatic hydroxyl groups excluding tert-OH is 1. The van der Waals surface area contributed by atoms with Gasteiger partial charge in [0.1, 0.15) is 5.75 Å². The van der Waals surface area contributed by atoms with Crippen LogP contribution in [0.4, 0.5) is 0 Å². The first-order chi connectivity index (χ1) is 12.8. The summed E-state index contributed by atoms with van der Waals surface area (Å²) >= 11 is 0. The Hall–Kier alpha value is -1.89. The zero-order chi connectivity index (χ0) is 19.2. The fraction of sp³-hybridized carbons (Fsp3) is 0.476. The molecular weight excluding hydrogens is 341 g/mol. The lowest BCUT2D eigenvalue weighted by atomic mass is 9.77. The first kappa shape index (κ1) is 18.5. The van der Waals surface area contributed by atoms with Gasteiger partial charge in [-0.15, -0.1) is 0 Å². The molecule has 0 spiro atoms. The molecule has 0 aliphatic carbocycles. The molecule has 2 aliphatic heterocycles. The van der Waals surface area contributed by atoms with Gasteiger partial charge in [0.2, 0.25) is 0 Å². The van der Waals surface area contributed by atoms with Crippen LogP contribution in [-0.4, -0.2) is 35.0 Å². The average molecular weight is 367 g/mol. The van der Waals surface area contributed by atoms with Crippen LogP contribution in [0.15, 0.2) is 42.6 Å². The highest BCUT2D eigenvalue weighted by atomic mass is 16.7. The number of ether oxygens (including phenoxy) is 1. The molecule has 3 heterocycles. The van der Waals surface area contributed by atoms with Gasteiger partial charge in [-0.25, -0.2) is 0 Å². The van der Waals surface area contributed by atoms with E-state index in [1.165, 1.54) is 0 Å². The van der Waals surface area contributed by atoms with Gasteiger partial charge in [0.15, 0.2) is 0 Å². The second-order valence-electron chi connectivity index (χ2n) is 8.43. The molecule has 2 atom stereocenters. The van der Waals surface area contributed by atoms with Gasteiger partial charge in [-0.1, -0.05) is 18.2 Å². The lowest BCUT2D eigenvalue weighted by Gasteiger charge is -2.32. The number of nitrogens with zero attached hydrogens (tertiary/aromatic N) is 1. The molecule has 1 saturated heterocycles. The highest BCUT2D eigenvalue weighted by Crippen LogP contribution is 2.39. The molecule has 0 unspecified atom stereocenters. The standard InChI is InChI=1S/C21H26BNO4/c1-20(2)21(3,4)27-22(26-20)15-8-9-17-18(12-15)25-13-14(19(17)24)11-16-7-5-6-10-23-16/h5-10,12,14,19,24H,11,13H2,1-4H3/t14-,19+/m0/s1. The Labute approximate surface area is 160 Å². The summed E-state index contributed by atoms with van der Waals surface area (Å²) < 4.78 is 18.2. The van der Waals surface area contributed by atoms with Crippen LogP contribution in [0, 0.1) is 5.92 Å². The van der Waals surface area contributed by atoms with Crippen LogP contribution in [0.3, 0.4) is 0 Å². The predicted octanol–water partition coefficient (Wildman–Crippen LogP) is 2.67. The maximum absolute atomic E-state index is 10.8. The van der Waals surface area contributed by atoms with Crippen molar-refractivity contribution in [2.24, 2.45) is 5.92 Å². The maximum Gasteiger partial charge on any atom is 0.494 e. The summed E-state index contributed by atoms with van der Waals surface area (Å²) in [4.78, 5) is 4.36. The highest BCUT2D eigenvalue weighted by Gasteiger charge is 2.52. The van der Waals surface area contributed by atoms with E-state index in [9.17, 15) is 5.11 Å². The van der Waals surface area contributed by atoms with E-state index in [0.717, 1.165) is 16.7 Å². The fourth-order valence-electron chi connectivity index (χ4n) is 3.55. The van der Waals surface area contributed by atoms with Crippen LogP contribution < -0.4 is 10.2 Å². The topological polar surface area (TPSA) is 60.8 Å². The first-order valence-electron chi connectivity index (χ1n) is 9.47. The molecule has 5 nitrogen and oxygen atoms in total. The molecule has 1 N–H and O–H groups in total. The van der Waals surface area contributed by atoms with Crippen LogP contribution >= 0.6 is 0 Å². The van der Waals surface area contributed by atoms with E-state index in [0.29, 0.717) is 18.8 Å². The summed E-state index contributed by atoms with van der Waals surface area (Å²) in [6, 6.07) is 11.6. The van der Waals surface area contributed by atoms with Gasteiger partial charge in [-0.3, -0.25) is 4.98 Å². The van der Waals surface area contributed by atoms with E-state index in [2.05, 4.69) is 4.98 Å². The molecule has 6 heteroatoms. The van der Waals surface area contributed by atoms with Crippen molar-refractivity contribution >= 4 is 12.6 Å². The number of hydrogen-bond donors (Lipinski definition) is 1. The summed E-state index contributed by atoms with van der Waals surface area (Å²) in [5.41, 5.74) is 1.90. The van der Waals surface area contributed by atoms with Crippen molar-refractivity contribution in [3.8, 4) is 5.75 Å². The number of aliphatic hydroxyl groups is 1. The van der Waals surface area contributed by atoms with Crippen LogP contribution in [-0.2, 0) is 15.7 Å². The molecule has 0 saturated carbocycles. The summed E-state index contributed by atoms with van der Waals surface area (Å²) in [6.45, 7) is 8.60. The maximum atomic E-state index is 10.8. The van der Waals surface area contributed by atoms with E-state index in [1.54, 1.807) is 6.20 Å². The second kappa shape index (κ2) is 6.62. The Balaban J connectivity index is 1.53. The van der Waals surface area contributed by atoms with Gasteiger partial charge < -0.3 is 19.2 Å². The number of benzene rings is 1. The molecule has 1 aromatic heterocycles. The monoisotopic (exact) mass is 367 g/mol. The molecule has 1 aromatic carbocycles. The number of pyridine rings is 1. The molecule has 2 aromatic rings. The van der Waals surface area contributed by atoms with Gasteiger partial charge in [-0.05, 0) is 57.8 Å². The summed E-state index contributed by atoms with van der Waals surface area (Å²) in [6.07, 6.45) is 1.87. The van der Waals surface area contributed by atoms with Gasteiger partial charge in [0.05, 0.1) is 23.9 Å². The molecule has 2 aliphatic rings. The van der Waals surface area contributed by atoms with Crippen molar-refractivity contribution in [3.05, 3.63) is 53.9 Å². The summed E-state index contributed by atoms with van der Waals surface area (Å²) in [5, 5.41) is 10.8. The Kier molecular flexibility index (Phi) is 4.53. The zero-order valence-corrected chi connectivity index (χ0v) is 16.3. The number of aromatic nitrogens is 1. The molecular formula is C21H26BNO4. The summed E-state index contributed by atoms with van der Waals surface area (Å²) in [5.74, 6) is 0.682. The first-order valence-corrected chi connectivity index (χ1v) is 9.47. The Bertz CT molecular complexity index is 808. The fourth-order valence-corrected chi connectivity index (χ4v) is 3.55. The van der Waals surface area contributed by atoms with Crippen LogP contribution in [0.25, 0.3) is 0 Å². The van der Waals surface area contributed by atoms with E-state index >= 15 is 0 Å². The smallest absolute Gasteiger partial charge is 0.493 e. The van der Waals surface area contributed by atoms with Gasteiger partial charge in [-0.2, -0.15) is 0 Å². The zero-order valence-electron chi connectivity index (χ0n) is 16.3. The second-order valence-corrected chi connectivity index (χ2v) is 8.43. The van der Waals surface area contributed by atoms with Crippen molar-refractivity contribution in [3.63, 3.8) is 0 Å². The molecule has 0 radical (unpaired) electrons. The summed E-state index contributed by atoms with van der Waals surface area (Å²) in [7, 11) is -0.438. The highest BCUT2D eigenvalue weighted by molar-refractivity contribution is 6.62. The van der Waals surface area contributed by atoms with Crippen molar-refractivity contribution in [1.82, 2.24) is 4.98 Å². The molecule has 0 amide bonds. The minimum absolute atomic E-state index is 0.0184. The predicted molar refractivity (Wildman–Crippen MR) is 104 cm³/mol. The Morgan fingerprint density at radius 3 is 2.52 bits per heavy atom. The third-order valence-corrected chi connectivity index (χ3v) is 5.98. The normalized spacial score (nSPS) is 25.7. The lowest BCUT2D eigenvalue weighted by molar-refractivity contribution is 0.00578.